The van der Waals surface area contributed by atoms with Gasteiger partial charge in [0.05, 0.1) is 12.7 Å². The van der Waals surface area contributed by atoms with E-state index in [2.05, 4.69) is 40.9 Å². The third kappa shape index (κ3) is 6.35. The van der Waals surface area contributed by atoms with Gasteiger partial charge in [-0.25, -0.2) is 4.99 Å². The Balaban J connectivity index is 1.78. The van der Waals surface area contributed by atoms with Gasteiger partial charge in [-0.2, -0.15) is 0 Å². The molecular formula is C18H31N5O. The van der Waals surface area contributed by atoms with Gasteiger partial charge in [-0.3, -0.25) is 9.88 Å². The summed E-state index contributed by atoms with van der Waals surface area (Å²) in [7, 11) is 0. The molecule has 1 aliphatic heterocycles. The fraction of sp³-hybridized carbons (Fsp3) is 0.667. The molecule has 1 aromatic rings. The number of aromatic nitrogens is 1. The maximum Gasteiger partial charge on any atom is 0.194 e. The van der Waals surface area contributed by atoms with Crippen LogP contribution in [0.3, 0.4) is 0 Å². The molecule has 0 amide bonds. The van der Waals surface area contributed by atoms with E-state index in [1.807, 2.05) is 12.1 Å². The molecule has 2 rings (SSSR count). The van der Waals surface area contributed by atoms with Crippen LogP contribution in [0.25, 0.3) is 0 Å². The smallest absolute Gasteiger partial charge is 0.194 e. The highest BCUT2D eigenvalue weighted by Crippen LogP contribution is 2.07. The summed E-state index contributed by atoms with van der Waals surface area (Å²) >= 11 is 0. The SMILES string of the molecule is CCNC(=NCCOc1cccnc1)N1CCN(CC(C)C)CC1. The average Bonchev–Trinajstić information content (AvgIpc) is 2.59. The molecule has 0 bridgehead atoms. The highest BCUT2D eigenvalue weighted by molar-refractivity contribution is 5.80. The summed E-state index contributed by atoms with van der Waals surface area (Å²) in [6.45, 7) is 14.2. The minimum Gasteiger partial charge on any atom is -0.490 e. The van der Waals surface area contributed by atoms with Crippen LogP contribution in [0.4, 0.5) is 0 Å². The van der Waals surface area contributed by atoms with Crippen LogP contribution >= 0.6 is 0 Å². The van der Waals surface area contributed by atoms with Crippen LogP contribution in [0.15, 0.2) is 29.5 Å². The van der Waals surface area contributed by atoms with Gasteiger partial charge in [0.15, 0.2) is 5.96 Å². The summed E-state index contributed by atoms with van der Waals surface area (Å²) in [5, 5.41) is 3.40. The van der Waals surface area contributed by atoms with Crippen molar-refractivity contribution in [2.75, 3.05) is 52.4 Å². The van der Waals surface area contributed by atoms with Crippen molar-refractivity contribution in [2.45, 2.75) is 20.8 Å². The summed E-state index contributed by atoms with van der Waals surface area (Å²) in [6.07, 6.45) is 3.47. The lowest BCUT2D eigenvalue weighted by atomic mass is 10.2. The molecule has 24 heavy (non-hydrogen) atoms. The Morgan fingerprint density at radius 3 is 2.75 bits per heavy atom. The molecule has 6 heteroatoms. The zero-order valence-electron chi connectivity index (χ0n) is 15.2. The Kier molecular flexibility index (Phi) is 7.82. The average molecular weight is 333 g/mol. The van der Waals surface area contributed by atoms with Gasteiger partial charge >= 0.3 is 0 Å². The Hall–Kier alpha value is -1.82. The van der Waals surface area contributed by atoms with Crippen molar-refractivity contribution in [3.63, 3.8) is 0 Å². The molecule has 134 valence electrons. The van der Waals surface area contributed by atoms with E-state index in [1.54, 1.807) is 12.4 Å². The Bertz CT molecular complexity index is 483. The topological polar surface area (TPSA) is 53.0 Å². The van der Waals surface area contributed by atoms with Crippen LogP contribution in [0.1, 0.15) is 20.8 Å². The fourth-order valence-corrected chi connectivity index (χ4v) is 2.83. The first-order chi connectivity index (χ1) is 11.7. The fourth-order valence-electron chi connectivity index (χ4n) is 2.83. The van der Waals surface area contributed by atoms with Gasteiger partial charge in [-0.05, 0) is 25.0 Å². The van der Waals surface area contributed by atoms with E-state index < -0.39 is 0 Å². The number of piperazine rings is 1. The second-order valence-corrected chi connectivity index (χ2v) is 6.45. The lowest BCUT2D eigenvalue weighted by molar-refractivity contribution is 0.164. The number of nitrogens with one attached hydrogen (secondary N) is 1. The monoisotopic (exact) mass is 333 g/mol. The lowest BCUT2D eigenvalue weighted by Gasteiger charge is -2.37. The molecule has 1 fully saturated rings. The van der Waals surface area contributed by atoms with Crippen LogP contribution in [0.5, 0.6) is 5.75 Å². The summed E-state index contributed by atoms with van der Waals surface area (Å²) in [5.41, 5.74) is 0. The van der Waals surface area contributed by atoms with Crippen LogP contribution in [-0.4, -0.2) is 73.2 Å². The highest BCUT2D eigenvalue weighted by Gasteiger charge is 2.19. The predicted molar refractivity (Wildman–Crippen MR) is 98.6 cm³/mol. The molecule has 0 aromatic carbocycles. The number of rotatable bonds is 7. The Labute approximate surface area is 145 Å². The Morgan fingerprint density at radius 2 is 2.12 bits per heavy atom. The molecule has 1 saturated heterocycles. The molecule has 0 atom stereocenters. The minimum atomic E-state index is 0.563. The van der Waals surface area contributed by atoms with Crippen molar-refractivity contribution >= 4 is 5.96 Å². The van der Waals surface area contributed by atoms with Crippen molar-refractivity contribution in [2.24, 2.45) is 10.9 Å². The molecule has 0 unspecified atom stereocenters. The second-order valence-electron chi connectivity index (χ2n) is 6.45. The molecule has 0 radical (unpaired) electrons. The maximum atomic E-state index is 5.66. The van der Waals surface area contributed by atoms with E-state index in [0.29, 0.717) is 13.2 Å². The van der Waals surface area contributed by atoms with Crippen molar-refractivity contribution in [1.82, 2.24) is 20.1 Å². The van der Waals surface area contributed by atoms with Crippen molar-refractivity contribution in [3.8, 4) is 5.75 Å². The molecule has 0 aliphatic carbocycles. The van der Waals surface area contributed by atoms with Gasteiger partial charge in [-0.15, -0.1) is 0 Å². The molecule has 2 heterocycles. The largest absolute Gasteiger partial charge is 0.490 e. The van der Waals surface area contributed by atoms with Crippen LogP contribution in [-0.2, 0) is 0 Å². The summed E-state index contributed by atoms with van der Waals surface area (Å²) in [5.74, 6) is 2.51. The summed E-state index contributed by atoms with van der Waals surface area (Å²) in [4.78, 5) is 13.6. The van der Waals surface area contributed by atoms with Crippen LogP contribution in [0, 0.1) is 5.92 Å². The second kappa shape index (κ2) is 10.1. The molecule has 1 N–H and O–H groups in total. The molecule has 1 aliphatic rings. The number of guanidine groups is 1. The van der Waals surface area contributed by atoms with E-state index in [9.17, 15) is 0 Å². The van der Waals surface area contributed by atoms with Crippen LogP contribution in [0.2, 0.25) is 0 Å². The van der Waals surface area contributed by atoms with E-state index in [1.165, 1.54) is 6.54 Å². The summed E-state index contributed by atoms with van der Waals surface area (Å²) in [6, 6.07) is 3.79. The van der Waals surface area contributed by atoms with E-state index in [-0.39, 0.29) is 0 Å². The molecule has 0 spiro atoms. The molecule has 6 nitrogen and oxygen atoms in total. The van der Waals surface area contributed by atoms with Gasteiger partial charge in [0.2, 0.25) is 0 Å². The van der Waals surface area contributed by atoms with Gasteiger partial charge < -0.3 is 15.0 Å². The number of aliphatic imine (C=N–C) groups is 1. The number of hydrogen-bond acceptors (Lipinski definition) is 4. The first-order valence-corrected chi connectivity index (χ1v) is 8.97. The van der Waals surface area contributed by atoms with E-state index in [0.717, 1.165) is 50.4 Å². The number of pyridine rings is 1. The van der Waals surface area contributed by atoms with Gasteiger partial charge in [0.25, 0.3) is 0 Å². The number of hydrogen-bond donors (Lipinski definition) is 1. The van der Waals surface area contributed by atoms with Crippen molar-refractivity contribution < 1.29 is 4.74 Å². The van der Waals surface area contributed by atoms with E-state index >= 15 is 0 Å². The normalized spacial score (nSPS) is 16.5. The number of ether oxygens (including phenoxy) is 1. The highest BCUT2D eigenvalue weighted by atomic mass is 16.5. The Morgan fingerprint density at radius 1 is 1.33 bits per heavy atom. The number of nitrogens with zero attached hydrogens (tertiary/aromatic N) is 4. The quantitative estimate of drug-likeness (QED) is 0.468. The van der Waals surface area contributed by atoms with Gasteiger partial charge in [0, 0.05) is 45.5 Å². The van der Waals surface area contributed by atoms with Gasteiger partial charge in [-0.1, -0.05) is 13.8 Å². The third-order valence-corrected chi connectivity index (χ3v) is 3.89. The van der Waals surface area contributed by atoms with Crippen molar-refractivity contribution in [1.29, 1.82) is 0 Å². The zero-order valence-corrected chi connectivity index (χ0v) is 15.2. The van der Waals surface area contributed by atoms with Crippen LogP contribution < -0.4 is 10.1 Å². The molecule has 1 aromatic heterocycles. The first kappa shape index (κ1) is 18.5. The maximum absolute atomic E-state index is 5.66. The van der Waals surface area contributed by atoms with E-state index in [4.69, 9.17) is 9.73 Å². The standard InChI is InChI=1S/C18H31N5O/c1-4-20-18(21-8-13-24-17-6-5-7-19-14-17)23-11-9-22(10-12-23)15-16(2)3/h5-7,14,16H,4,8-13,15H2,1-3H3,(H,20,21). The molecular weight excluding hydrogens is 302 g/mol. The third-order valence-electron chi connectivity index (χ3n) is 3.89. The van der Waals surface area contributed by atoms with Gasteiger partial charge in [0.1, 0.15) is 12.4 Å². The zero-order chi connectivity index (χ0) is 17.2. The molecule has 0 saturated carbocycles. The first-order valence-electron chi connectivity index (χ1n) is 8.97. The predicted octanol–water partition coefficient (Wildman–Crippen LogP) is 1.70. The lowest BCUT2D eigenvalue weighted by Crippen LogP contribution is -2.53. The summed E-state index contributed by atoms with van der Waals surface area (Å²) < 4.78 is 5.66. The minimum absolute atomic E-state index is 0.563. The van der Waals surface area contributed by atoms with Crippen molar-refractivity contribution in [3.05, 3.63) is 24.5 Å².